The summed E-state index contributed by atoms with van der Waals surface area (Å²) in [6.07, 6.45) is 0. The SMILES string of the molecule is CC1(c2ccccc2)c2cc(-c3ccc4c(c3)C3(c5ccccc5-c5ccccc53)c3c(ccc5ccccc35)O4)ccc2-c2ccc3ccccc3c21. The monoisotopic (exact) mass is 686 g/mol. The van der Waals surface area contributed by atoms with Gasteiger partial charge in [0.25, 0.3) is 0 Å². The van der Waals surface area contributed by atoms with Crippen molar-refractivity contribution in [1.29, 1.82) is 0 Å². The zero-order chi connectivity index (χ0) is 35.6. The van der Waals surface area contributed by atoms with E-state index >= 15 is 0 Å². The number of ether oxygens (including phenoxy) is 1. The van der Waals surface area contributed by atoms with Crippen LogP contribution in [-0.4, -0.2) is 0 Å². The van der Waals surface area contributed by atoms with E-state index in [1.54, 1.807) is 0 Å². The molecule has 0 aromatic heterocycles. The van der Waals surface area contributed by atoms with Crippen LogP contribution in [0.4, 0.5) is 0 Å². The van der Waals surface area contributed by atoms with Gasteiger partial charge in [-0.3, -0.25) is 0 Å². The van der Waals surface area contributed by atoms with Crippen LogP contribution in [0.15, 0.2) is 188 Å². The summed E-state index contributed by atoms with van der Waals surface area (Å²) in [5.41, 5.74) is 15.7. The lowest BCUT2D eigenvalue weighted by Crippen LogP contribution is -2.32. The lowest BCUT2D eigenvalue weighted by atomic mass is 9.64. The minimum absolute atomic E-state index is 0.331. The van der Waals surface area contributed by atoms with Crippen molar-refractivity contribution in [2.45, 2.75) is 17.8 Å². The molecule has 252 valence electrons. The molecule has 2 aliphatic carbocycles. The maximum atomic E-state index is 6.94. The summed E-state index contributed by atoms with van der Waals surface area (Å²) in [5, 5.41) is 5.03. The first kappa shape index (κ1) is 29.8. The van der Waals surface area contributed by atoms with Gasteiger partial charge in [0.1, 0.15) is 11.5 Å². The summed E-state index contributed by atoms with van der Waals surface area (Å²) in [6, 6.07) is 69.7. The normalized spacial score (nSPS) is 16.6. The van der Waals surface area contributed by atoms with Gasteiger partial charge in [0.05, 0.1) is 5.41 Å². The maximum absolute atomic E-state index is 6.94. The first-order valence-corrected chi connectivity index (χ1v) is 18.9. The number of rotatable bonds is 2. The third kappa shape index (κ3) is 3.69. The molecule has 0 bridgehead atoms. The Morgan fingerprint density at radius 1 is 0.370 bits per heavy atom. The van der Waals surface area contributed by atoms with Crippen LogP contribution in [0.1, 0.15) is 45.9 Å². The summed E-state index contributed by atoms with van der Waals surface area (Å²) < 4.78 is 6.94. The van der Waals surface area contributed by atoms with Crippen molar-refractivity contribution in [2.24, 2.45) is 0 Å². The van der Waals surface area contributed by atoms with E-state index in [0.717, 1.165) is 11.5 Å². The highest BCUT2D eigenvalue weighted by Gasteiger charge is 2.52. The van der Waals surface area contributed by atoms with E-state index in [1.807, 2.05) is 0 Å². The highest BCUT2D eigenvalue weighted by atomic mass is 16.5. The van der Waals surface area contributed by atoms with Crippen LogP contribution in [0, 0.1) is 0 Å². The molecule has 12 rings (SSSR count). The number of hydrogen-bond acceptors (Lipinski definition) is 1. The molecule has 1 aliphatic heterocycles. The van der Waals surface area contributed by atoms with Gasteiger partial charge in [0, 0.05) is 16.5 Å². The van der Waals surface area contributed by atoms with Crippen molar-refractivity contribution >= 4 is 21.5 Å². The molecule has 1 nitrogen and oxygen atoms in total. The van der Waals surface area contributed by atoms with Gasteiger partial charge in [-0.25, -0.2) is 0 Å². The second-order valence-electron chi connectivity index (χ2n) is 15.3. The highest BCUT2D eigenvalue weighted by Crippen LogP contribution is 2.64. The summed E-state index contributed by atoms with van der Waals surface area (Å²) in [6.45, 7) is 2.42. The Balaban J connectivity index is 1.13. The van der Waals surface area contributed by atoms with Crippen LogP contribution < -0.4 is 4.74 Å². The van der Waals surface area contributed by atoms with E-state index in [4.69, 9.17) is 4.74 Å². The standard InChI is InChI=1S/C53H34O/c1-52(37-15-3-2-4-16-37)46-31-35(24-27-42(46)43-28-23-33-13-5-7-17-38(33)50(43)52)36-26-29-48-47(32-36)53(51-39-18-8-6-14-34(39)25-30-49(51)54-48)44-21-11-9-19-40(44)41-20-10-12-22-45(41)53/h2-32H,1H3. The molecule has 1 unspecified atom stereocenters. The molecule has 0 amide bonds. The van der Waals surface area contributed by atoms with E-state index in [-0.39, 0.29) is 5.41 Å². The van der Waals surface area contributed by atoms with E-state index in [0.29, 0.717) is 0 Å². The molecule has 54 heavy (non-hydrogen) atoms. The van der Waals surface area contributed by atoms with Crippen LogP contribution in [-0.2, 0) is 10.8 Å². The summed E-state index contributed by atoms with van der Waals surface area (Å²) in [7, 11) is 0. The van der Waals surface area contributed by atoms with Gasteiger partial charge in [-0.15, -0.1) is 0 Å². The van der Waals surface area contributed by atoms with Crippen molar-refractivity contribution in [3.63, 3.8) is 0 Å². The average Bonchev–Trinajstić information content (AvgIpc) is 3.68. The Labute approximate surface area is 314 Å². The van der Waals surface area contributed by atoms with Crippen molar-refractivity contribution < 1.29 is 4.74 Å². The van der Waals surface area contributed by atoms with Crippen LogP contribution in [0.3, 0.4) is 0 Å². The molecule has 0 radical (unpaired) electrons. The van der Waals surface area contributed by atoms with Gasteiger partial charge in [0.15, 0.2) is 0 Å². The fourth-order valence-corrected chi connectivity index (χ4v) is 10.5. The predicted octanol–water partition coefficient (Wildman–Crippen LogP) is 13.5. The van der Waals surface area contributed by atoms with Gasteiger partial charge in [-0.2, -0.15) is 0 Å². The minimum Gasteiger partial charge on any atom is -0.457 e. The van der Waals surface area contributed by atoms with E-state index in [2.05, 4.69) is 195 Å². The second kappa shape index (κ2) is 10.7. The Bertz CT molecular complexity index is 3000. The molecular weight excluding hydrogens is 653 g/mol. The van der Waals surface area contributed by atoms with Crippen LogP contribution >= 0.6 is 0 Å². The average molecular weight is 687 g/mol. The Kier molecular flexibility index (Phi) is 5.90. The van der Waals surface area contributed by atoms with Gasteiger partial charge < -0.3 is 4.74 Å². The zero-order valence-electron chi connectivity index (χ0n) is 29.8. The number of benzene rings is 9. The van der Waals surface area contributed by atoms with E-state index < -0.39 is 5.41 Å². The minimum atomic E-state index is -0.558. The summed E-state index contributed by atoms with van der Waals surface area (Å²) in [4.78, 5) is 0. The summed E-state index contributed by atoms with van der Waals surface area (Å²) >= 11 is 0. The molecule has 3 aliphatic rings. The molecule has 1 heterocycles. The van der Waals surface area contributed by atoms with Crippen LogP contribution in [0.2, 0.25) is 0 Å². The third-order valence-corrected chi connectivity index (χ3v) is 12.8. The molecule has 9 aromatic rings. The van der Waals surface area contributed by atoms with E-state index in [1.165, 1.54) is 93.9 Å². The van der Waals surface area contributed by atoms with Crippen molar-refractivity contribution in [1.82, 2.24) is 0 Å². The summed E-state index contributed by atoms with van der Waals surface area (Å²) in [5.74, 6) is 1.82. The zero-order valence-corrected chi connectivity index (χ0v) is 29.8. The first-order valence-electron chi connectivity index (χ1n) is 18.9. The molecule has 0 saturated heterocycles. The largest absolute Gasteiger partial charge is 0.457 e. The fraction of sp³-hybridized carbons (Fsp3) is 0.0566. The molecular formula is C53H34O. The predicted molar refractivity (Wildman–Crippen MR) is 222 cm³/mol. The first-order chi connectivity index (χ1) is 26.7. The molecule has 1 atom stereocenters. The second-order valence-corrected chi connectivity index (χ2v) is 15.3. The quantitative estimate of drug-likeness (QED) is 0.176. The Hall–Kier alpha value is -6.70. The van der Waals surface area contributed by atoms with Gasteiger partial charge in [-0.1, -0.05) is 164 Å². The Morgan fingerprint density at radius 2 is 0.889 bits per heavy atom. The third-order valence-electron chi connectivity index (χ3n) is 12.8. The molecule has 0 N–H and O–H groups in total. The van der Waals surface area contributed by atoms with Crippen LogP contribution in [0.25, 0.3) is 54.9 Å². The molecule has 9 aromatic carbocycles. The molecule has 0 saturated carbocycles. The lowest BCUT2D eigenvalue weighted by Gasteiger charge is -2.40. The van der Waals surface area contributed by atoms with Gasteiger partial charge >= 0.3 is 0 Å². The maximum Gasteiger partial charge on any atom is 0.132 e. The number of hydrogen-bond donors (Lipinski definition) is 0. The molecule has 1 heteroatoms. The van der Waals surface area contributed by atoms with Gasteiger partial charge in [-0.05, 0) is 114 Å². The highest BCUT2D eigenvalue weighted by molar-refractivity contribution is 6.00. The van der Waals surface area contributed by atoms with Crippen LogP contribution in [0.5, 0.6) is 11.5 Å². The van der Waals surface area contributed by atoms with Crippen molar-refractivity contribution in [2.75, 3.05) is 0 Å². The van der Waals surface area contributed by atoms with E-state index in [9.17, 15) is 0 Å². The fourth-order valence-electron chi connectivity index (χ4n) is 10.5. The van der Waals surface area contributed by atoms with Crippen molar-refractivity contribution in [3.05, 3.63) is 227 Å². The van der Waals surface area contributed by atoms with Crippen molar-refractivity contribution in [3.8, 4) is 44.9 Å². The van der Waals surface area contributed by atoms with Gasteiger partial charge in [0.2, 0.25) is 0 Å². The number of fused-ring (bicyclic) bond motifs is 16. The Morgan fingerprint density at radius 3 is 1.61 bits per heavy atom. The smallest absolute Gasteiger partial charge is 0.132 e. The molecule has 0 fully saturated rings. The topological polar surface area (TPSA) is 9.23 Å². The lowest BCUT2D eigenvalue weighted by molar-refractivity contribution is 0.438. The molecule has 1 spiro atoms.